The summed E-state index contributed by atoms with van der Waals surface area (Å²) in [7, 11) is 0. The summed E-state index contributed by atoms with van der Waals surface area (Å²) in [4.78, 5) is 44.6. The fourth-order valence-electron chi connectivity index (χ4n) is 0. The molecule has 0 spiro atoms. The molecular weight excluding hydrogens is 390 g/mol. The van der Waals surface area contributed by atoms with Gasteiger partial charge >= 0.3 is 38.3 Å². The van der Waals surface area contributed by atoms with E-state index in [2.05, 4.69) is 0 Å². The van der Waals surface area contributed by atoms with Gasteiger partial charge in [-0.05, 0) is 27.7 Å². The first-order valence-electron chi connectivity index (χ1n) is 4.56. The molecule has 0 rings (SSSR count). The Morgan fingerprint density at radius 1 is 0.591 bits per heavy atom. The van der Waals surface area contributed by atoms with Crippen molar-refractivity contribution in [1.82, 2.24) is 0 Å². The van der Waals surface area contributed by atoms with Gasteiger partial charge in [-0.1, -0.05) is 0 Å². The fourth-order valence-corrected chi connectivity index (χ4v) is 0. The van der Waals surface area contributed by atoms with Crippen LogP contribution in [0.5, 0.6) is 0 Å². The molecule has 0 aromatic rings. The molecule has 0 saturated carbocycles. The standard InChI is InChI=1S/5C2H4O2.Li.Rh/c5*1-2(3)4;;/h5*1H3,(H,3,4);;/q;;;;;+1;+3/p-4. The zero-order chi connectivity index (χ0) is 17.9. The predicted molar refractivity (Wildman–Crippen MR) is 56.0 cm³/mol. The average Bonchev–Trinajstić information content (AvgIpc) is 1.94. The minimum Gasteiger partial charge on any atom is -0.550 e. The van der Waals surface area contributed by atoms with Crippen molar-refractivity contribution < 1.29 is 87.8 Å². The molecule has 10 nitrogen and oxygen atoms in total. The summed E-state index contributed by atoms with van der Waals surface area (Å²) < 4.78 is 0. The molecule has 0 aliphatic carbocycles. The zero-order valence-electron chi connectivity index (χ0n) is 13.0. The topological polar surface area (TPSA) is 198 Å². The van der Waals surface area contributed by atoms with Gasteiger partial charge in [0.05, 0.1) is 0 Å². The SMILES string of the molecule is CC(=O)O.CC(=O)[O-].CC(=O)[O-].CC(=O)[O-].CC(=O)[O-].[Li+].[Rh+3]. The maximum absolute atomic E-state index is 9.00. The Morgan fingerprint density at radius 3 is 0.591 bits per heavy atom. The number of aliphatic carboxylic acids is 5. The van der Waals surface area contributed by atoms with Crippen molar-refractivity contribution in [2.24, 2.45) is 0 Å². The third kappa shape index (κ3) is 2810. The average molecular weight is 406 g/mol. The van der Waals surface area contributed by atoms with Crippen molar-refractivity contribution in [3.8, 4) is 0 Å². The number of rotatable bonds is 0. The summed E-state index contributed by atoms with van der Waals surface area (Å²) in [6.07, 6.45) is 0. The molecule has 0 radical (unpaired) electrons. The van der Waals surface area contributed by atoms with Gasteiger partial charge in [-0.3, -0.25) is 4.79 Å². The van der Waals surface area contributed by atoms with Gasteiger partial charge in [0, 0.05) is 30.8 Å². The van der Waals surface area contributed by atoms with Crippen molar-refractivity contribution in [1.29, 1.82) is 0 Å². The summed E-state index contributed by atoms with van der Waals surface area (Å²) in [6.45, 7) is 4.97. The molecule has 1 N–H and O–H groups in total. The maximum atomic E-state index is 9.00. The number of carboxylic acids is 5. The van der Waals surface area contributed by atoms with Gasteiger partial charge < -0.3 is 44.7 Å². The molecule has 12 heteroatoms. The Labute approximate surface area is 152 Å². The summed E-state index contributed by atoms with van der Waals surface area (Å²) in [5.74, 6) is -5.17. The molecule has 0 amide bonds. The minimum atomic E-state index is -1.08. The van der Waals surface area contributed by atoms with Gasteiger partial charge in [0.25, 0.3) is 5.97 Å². The summed E-state index contributed by atoms with van der Waals surface area (Å²) >= 11 is 0. The Kier molecular flexibility index (Phi) is 71.3. The van der Waals surface area contributed by atoms with Crippen LogP contribution in [0.2, 0.25) is 0 Å². The van der Waals surface area contributed by atoms with E-state index >= 15 is 0 Å². The molecule has 0 bridgehead atoms. The van der Waals surface area contributed by atoms with Gasteiger partial charge in [0.1, 0.15) is 0 Å². The van der Waals surface area contributed by atoms with Crippen LogP contribution in [0, 0.1) is 0 Å². The number of carboxylic acid groups (broad SMARTS) is 5. The smallest absolute Gasteiger partial charge is 0.550 e. The maximum Gasteiger partial charge on any atom is 3.00 e. The zero-order valence-corrected chi connectivity index (χ0v) is 14.6. The Morgan fingerprint density at radius 2 is 0.591 bits per heavy atom. The molecule has 0 aliphatic rings. The van der Waals surface area contributed by atoms with Gasteiger partial charge in [0.2, 0.25) is 0 Å². The second-order valence-corrected chi connectivity index (χ2v) is 2.49. The van der Waals surface area contributed by atoms with Gasteiger partial charge in [-0.2, -0.15) is 0 Å². The fraction of sp³-hybridized carbons (Fsp3) is 0.500. The van der Waals surface area contributed by atoms with E-state index in [0.29, 0.717) is 0 Å². The molecule has 0 atom stereocenters. The molecule has 0 aromatic carbocycles. The summed E-state index contributed by atoms with van der Waals surface area (Å²) in [6, 6.07) is 0. The second-order valence-electron chi connectivity index (χ2n) is 2.49. The molecule has 0 aromatic heterocycles. The van der Waals surface area contributed by atoms with Crippen LogP contribution < -0.4 is 39.3 Å². The molecule has 0 fully saturated rings. The normalized spacial score (nSPS) is 5.68. The molecule has 0 unspecified atom stereocenters. The molecule has 0 aliphatic heterocycles. The molecule has 126 valence electrons. The van der Waals surface area contributed by atoms with Crippen molar-refractivity contribution in [3.63, 3.8) is 0 Å². The first-order valence-corrected chi connectivity index (χ1v) is 4.56. The van der Waals surface area contributed by atoms with E-state index in [1.165, 1.54) is 0 Å². The predicted octanol–water partition coefficient (Wildman–Crippen LogP) is -7.88. The van der Waals surface area contributed by atoms with Crippen LogP contribution in [0.25, 0.3) is 0 Å². The van der Waals surface area contributed by atoms with Crippen LogP contribution in [-0.2, 0) is 43.5 Å². The van der Waals surface area contributed by atoms with Crippen LogP contribution in [0.1, 0.15) is 34.6 Å². The van der Waals surface area contributed by atoms with Crippen molar-refractivity contribution in [3.05, 3.63) is 0 Å². The third-order valence-corrected chi connectivity index (χ3v) is 0. The quantitative estimate of drug-likeness (QED) is 0.377. The Bertz CT molecular complexity index is 216. The number of hydrogen-bond donors (Lipinski definition) is 1. The van der Waals surface area contributed by atoms with E-state index in [-0.39, 0.29) is 38.3 Å². The van der Waals surface area contributed by atoms with Crippen molar-refractivity contribution in [2.45, 2.75) is 34.6 Å². The number of hydrogen-bond acceptors (Lipinski definition) is 9. The van der Waals surface area contributed by atoms with Crippen molar-refractivity contribution in [2.75, 3.05) is 0 Å². The summed E-state index contributed by atoms with van der Waals surface area (Å²) in [5, 5.41) is 43.0. The monoisotopic (exact) mass is 406 g/mol. The number of carbonyl (C=O) groups is 5. The second kappa shape index (κ2) is 36.6. The van der Waals surface area contributed by atoms with Gasteiger partial charge in [0.15, 0.2) is 0 Å². The van der Waals surface area contributed by atoms with E-state index in [1.54, 1.807) is 0 Å². The van der Waals surface area contributed by atoms with Crippen LogP contribution in [0.4, 0.5) is 0 Å². The van der Waals surface area contributed by atoms with E-state index in [0.717, 1.165) is 34.6 Å². The van der Waals surface area contributed by atoms with Crippen molar-refractivity contribution >= 4 is 29.8 Å². The van der Waals surface area contributed by atoms with Crippen LogP contribution in [-0.4, -0.2) is 35.0 Å². The molecule has 0 heterocycles. The van der Waals surface area contributed by atoms with Gasteiger partial charge in [-0.25, -0.2) is 0 Å². The van der Waals surface area contributed by atoms with E-state index < -0.39 is 29.8 Å². The van der Waals surface area contributed by atoms with Gasteiger partial charge in [-0.15, -0.1) is 0 Å². The molecular formula is C10H16LiO10Rh. The Hall–Kier alpha value is -1.43. The largest absolute Gasteiger partial charge is 3.00 e. The third-order valence-electron chi connectivity index (χ3n) is 0. The summed E-state index contributed by atoms with van der Waals surface area (Å²) in [5.41, 5.74) is 0. The van der Waals surface area contributed by atoms with E-state index in [4.69, 9.17) is 49.5 Å². The first-order chi connectivity index (χ1) is 8.66. The van der Waals surface area contributed by atoms with Crippen LogP contribution >= 0.6 is 0 Å². The Balaban J connectivity index is -0.0000000250. The van der Waals surface area contributed by atoms with E-state index in [9.17, 15) is 0 Å². The minimum absolute atomic E-state index is 0. The number of carbonyl (C=O) groups excluding carboxylic acids is 4. The van der Waals surface area contributed by atoms with E-state index in [1.807, 2.05) is 0 Å². The van der Waals surface area contributed by atoms with Crippen LogP contribution in [0.15, 0.2) is 0 Å². The molecule has 22 heavy (non-hydrogen) atoms. The first kappa shape index (κ1) is 42.8. The van der Waals surface area contributed by atoms with Crippen LogP contribution in [0.3, 0.4) is 0 Å². The molecule has 0 saturated heterocycles.